The van der Waals surface area contributed by atoms with Crippen LogP contribution in [0.15, 0.2) is 42.5 Å². The first-order chi connectivity index (χ1) is 14.5. The van der Waals surface area contributed by atoms with Gasteiger partial charge in [-0.3, -0.25) is 0 Å². The molecule has 4 heteroatoms. The molecule has 0 fully saturated rings. The van der Waals surface area contributed by atoms with Crippen LogP contribution in [0.2, 0.25) is 5.02 Å². The summed E-state index contributed by atoms with van der Waals surface area (Å²) in [4.78, 5) is 0. The van der Waals surface area contributed by atoms with Crippen molar-refractivity contribution >= 4 is 29.1 Å². The Balaban J connectivity index is 0.00000218. The third-order valence-electron chi connectivity index (χ3n) is 5.35. The fraction of sp³-hybridized carbons (Fsp3) is 0.462. The third-order valence-corrected chi connectivity index (χ3v) is 5.59. The van der Waals surface area contributed by atoms with Gasteiger partial charge in [0.15, 0.2) is 0 Å². The molecular weight excluding hydrogens is 392 g/mol. The van der Waals surface area contributed by atoms with Crippen LogP contribution in [0.3, 0.4) is 0 Å². The highest BCUT2D eigenvalue weighted by molar-refractivity contribution is 6.30. The maximum absolute atomic E-state index is 6.34. The quantitative estimate of drug-likeness (QED) is 0.406. The van der Waals surface area contributed by atoms with E-state index in [4.69, 9.17) is 16.3 Å². The van der Waals surface area contributed by atoms with E-state index in [0.717, 1.165) is 48.0 Å². The van der Waals surface area contributed by atoms with Crippen molar-refractivity contribution in [1.82, 2.24) is 0 Å². The number of ether oxygens (including phenoxy) is 1. The third kappa shape index (κ3) is 7.07. The fourth-order valence-electron chi connectivity index (χ4n) is 3.50. The molecular formula is C26H40ClN2O+. The molecule has 0 saturated heterocycles. The van der Waals surface area contributed by atoms with E-state index in [1.807, 2.05) is 26.0 Å². The molecule has 0 radical (unpaired) electrons. The molecule has 0 aliphatic heterocycles. The van der Waals surface area contributed by atoms with Crippen LogP contribution in [-0.4, -0.2) is 20.2 Å². The molecule has 0 amide bonds. The van der Waals surface area contributed by atoms with Crippen LogP contribution < -0.4 is 15.4 Å². The zero-order valence-corrected chi connectivity index (χ0v) is 20.6. The van der Waals surface area contributed by atoms with E-state index in [0.29, 0.717) is 0 Å². The number of anilines is 1. The largest absolute Gasteiger partial charge is 0.496 e. The summed E-state index contributed by atoms with van der Waals surface area (Å²) in [5.74, 6) is 0.885. The van der Waals surface area contributed by atoms with Crippen LogP contribution in [0.25, 0.3) is 6.08 Å². The summed E-state index contributed by atoms with van der Waals surface area (Å²) in [6.45, 7) is 14.7. The number of nitrogens with two attached hydrogens (primary N) is 1. The molecule has 3 N–H and O–H groups in total. The number of quaternary nitrogens is 1. The van der Waals surface area contributed by atoms with Crippen LogP contribution in [0, 0.1) is 0 Å². The molecule has 0 aliphatic carbocycles. The van der Waals surface area contributed by atoms with E-state index in [-0.39, 0.29) is 5.41 Å². The van der Waals surface area contributed by atoms with Crippen molar-refractivity contribution in [1.29, 1.82) is 0 Å². The van der Waals surface area contributed by atoms with Gasteiger partial charge < -0.3 is 15.4 Å². The number of rotatable bonds is 10. The molecule has 30 heavy (non-hydrogen) atoms. The van der Waals surface area contributed by atoms with Gasteiger partial charge in [0, 0.05) is 45.9 Å². The van der Waals surface area contributed by atoms with Crippen LogP contribution in [0.1, 0.15) is 65.5 Å². The molecule has 1 unspecified atom stereocenters. The fourth-order valence-corrected chi connectivity index (χ4v) is 3.67. The minimum absolute atomic E-state index is 0.0271. The first-order valence-electron chi connectivity index (χ1n) is 11.2. The van der Waals surface area contributed by atoms with Gasteiger partial charge in [0.1, 0.15) is 11.4 Å². The Morgan fingerprint density at radius 1 is 1.10 bits per heavy atom. The molecule has 2 aromatic rings. The molecule has 3 nitrogen and oxygen atoms in total. The Bertz CT molecular complexity index is 804. The highest BCUT2D eigenvalue weighted by Crippen LogP contribution is 2.37. The van der Waals surface area contributed by atoms with Crippen molar-refractivity contribution in [3.63, 3.8) is 0 Å². The average molecular weight is 432 g/mol. The number of hydrogen-bond acceptors (Lipinski definition) is 2. The second kappa shape index (κ2) is 13.4. The number of halogens is 1. The van der Waals surface area contributed by atoms with Crippen molar-refractivity contribution < 1.29 is 10.1 Å². The Kier molecular flexibility index (Phi) is 11.6. The van der Waals surface area contributed by atoms with Gasteiger partial charge in [0.25, 0.3) is 0 Å². The van der Waals surface area contributed by atoms with Crippen molar-refractivity contribution in [2.45, 2.75) is 59.8 Å². The molecule has 1 atom stereocenters. The lowest BCUT2D eigenvalue weighted by molar-refractivity contribution is -0.568. The number of nitrogens with one attached hydrogen (secondary N) is 1. The van der Waals surface area contributed by atoms with Gasteiger partial charge in [-0.2, -0.15) is 0 Å². The van der Waals surface area contributed by atoms with Crippen LogP contribution in [0.4, 0.5) is 11.4 Å². The van der Waals surface area contributed by atoms with Gasteiger partial charge >= 0.3 is 0 Å². The molecule has 0 bridgehead atoms. The minimum atomic E-state index is 0.0271. The van der Waals surface area contributed by atoms with Crippen LogP contribution in [-0.2, 0) is 5.41 Å². The molecule has 0 aliphatic rings. The Morgan fingerprint density at radius 2 is 1.83 bits per heavy atom. The number of allylic oxidation sites excluding steroid dienone is 1. The summed E-state index contributed by atoms with van der Waals surface area (Å²) in [5, 5.41) is 6.41. The van der Waals surface area contributed by atoms with Gasteiger partial charge in [0.2, 0.25) is 0 Å². The van der Waals surface area contributed by atoms with Crippen LogP contribution >= 0.6 is 11.6 Å². The number of methoxy groups -OCH3 is 1. The van der Waals surface area contributed by atoms with Gasteiger partial charge in [-0.15, -0.1) is 0 Å². The average Bonchev–Trinajstić information content (AvgIpc) is 2.77. The first kappa shape index (κ1) is 26.1. The van der Waals surface area contributed by atoms with Gasteiger partial charge in [-0.05, 0) is 51.0 Å². The molecule has 0 spiro atoms. The number of hydrogen-bond donors (Lipinski definition) is 2. The normalized spacial score (nSPS) is 12.8. The maximum atomic E-state index is 6.34. The molecule has 2 aromatic carbocycles. The summed E-state index contributed by atoms with van der Waals surface area (Å²) < 4.78 is 5.58. The maximum Gasteiger partial charge on any atom is 0.133 e. The lowest BCUT2D eigenvalue weighted by Crippen LogP contribution is -2.77. The van der Waals surface area contributed by atoms with Crippen molar-refractivity contribution in [3.8, 4) is 5.75 Å². The molecule has 0 aromatic heterocycles. The Labute approximate surface area is 188 Å². The molecule has 2 rings (SSSR count). The zero-order chi connectivity index (χ0) is 22.6. The SMILES string of the molecule is CC.CCNc1ccc(/C=C/CC(C)(CC)c2cc(Cl)ccc2[NH2+]CC)c(OC)c1. The van der Waals surface area contributed by atoms with Crippen LogP contribution in [0.5, 0.6) is 5.75 Å². The predicted octanol–water partition coefficient (Wildman–Crippen LogP) is 6.79. The topological polar surface area (TPSA) is 37.9 Å². The van der Waals surface area contributed by atoms with E-state index in [1.54, 1.807) is 7.11 Å². The van der Waals surface area contributed by atoms with Gasteiger partial charge in [-0.25, -0.2) is 0 Å². The highest BCUT2D eigenvalue weighted by atomic mass is 35.5. The van der Waals surface area contributed by atoms with Crippen molar-refractivity contribution in [2.24, 2.45) is 0 Å². The second-order valence-corrected chi connectivity index (χ2v) is 7.79. The summed E-state index contributed by atoms with van der Waals surface area (Å²) in [7, 11) is 1.72. The minimum Gasteiger partial charge on any atom is -0.496 e. The second-order valence-electron chi connectivity index (χ2n) is 7.35. The Hall–Kier alpha value is -1.97. The Morgan fingerprint density at radius 3 is 2.43 bits per heavy atom. The standard InChI is InChI=1S/C24H33ClN2O.C2H6/c1-6-24(4,21-16-19(25)12-14-22(21)27-8-3)15-9-10-18-11-13-20(26-7-2)17-23(18)28-5;1-2/h9-14,16-17,26-27H,6-8,15H2,1-5H3;1-2H3/p+1/b10-9+;. The first-order valence-corrected chi connectivity index (χ1v) is 11.6. The zero-order valence-electron chi connectivity index (χ0n) is 19.8. The van der Waals surface area contributed by atoms with Crippen molar-refractivity contribution in [2.75, 3.05) is 25.5 Å². The smallest absolute Gasteiger partial charge is 0.133 e. The summed E-state index contributed by atoms with van der Waals surface area (Å²) in [6, 6.07) is 12.5. The van der Waals surface area contributed by atoms with E-state index >= 15 is 0 Å². The predicted molar refractivity (Wildman–Crippen MR) is 133 cm³/mol. The molecule has 0 heterocycles. The summed E-state index contributed by atoms with van der Waals surface area (Å²) in [5.41, 5.74) is 4.81. The lowest BCUT2D eigenvalue weighted by Gasteiger charge is -2.29. The molecule has 166 valence electrons. The monoisotopic (exact) mass is 431 g/mol. The summed E-state index contributed by atoms with van der Waals surface area (Å²) in [6.07, 6.45) is 6.40. The van der Waals surface area contributed by atoms with E-state index in [1.165, 1.54) is 11.3 Å². The van der Waals surface area contributed by atoms with Gasteiger partial charge in [0.05, 0.1) is 13.7 Å². The van der Waals surface area contributed by atoms with Crippen molar-refractivity contribution in [3.05, 3.63) is 58.6 Å². The highest BCUT2D eigenvalue weighted by Gasteiger charge is 2.28. The number of benzene rings is 2. The lowest BCUT2D eigenvalue weighted by atomic mass is 9.76. The summed E-state index contributed by atoms with van der Waals surface area (Å²) >= 11 is 6.34. The van der Waals surface area contributed by atoms with Gasteiger partial charge in [-0.1, -0.05) is 51.4 Å². The molecule has 0 saturated carbocycles. The van der Waals surface area contributed by atoms with E-state index in [2.05, 4.69) is 74.7 Å². The van der Waals surface area contributed by atoms with E-state index in [9.17, 15) is 0 Å². The van der Waals surface area contributed by atoms with E-state index < -0.39 is 0 Å².